The van der Waals surface area contributed by atoms with Crippen molar-refractivity contribution in [1.29, 1.82) is 0 Å². The van der Waals surface area contributed by atoms with Gasteiger partial charge in [0.05, 0.1) is 11.9 Å². The molecule has 0 spiro atoms. The SMILES string of the molecule is O=C=NC1(c2cnccn2)CC1. The Morgan fingerprint density at radius 1 is 1.50 bits per heavy atom. The van der Waals surface area contributed by atoms with Gasteiger partial charge < -0.3 is 0 Å². The van der Waals surface area contributed by atoms with Crippen LogP contribution in [0.15, 0.2) is 23.6 Å². The van der Waals surface area contributed by atoms with Crippen molar-refractivity contribution in [3.63, 3.8) is 0 Å². The van der Waals surface area contributed by atoms with E-state index < -0.39 is 0 Å². The molecule has 4 nitrogen and oxygen atoms in total. The number of hydrogen-bond donors (Lipinski definition) is 0. The molecule has 0 bridgehead atoms. The first-order chi connectivity index (χ1) is 5.87. The van der Waals surface area contributed by atoms with Crippen LogP contribution in [0.2, 0.25) is 0 Å². The number of isocyanates is 1. The van der Waals surface area contributed by atoms with Gasteiger partial charge in [0, 0.05) is 12.4 Å². The van der Waals surface area contributed by atoms with Gasteiger partial charge in [-0.1, -0.05) is 0 Å². The Hall–Kier alpha value is -1.54. The Morgan fingerprint density at radius 2 is 2.33 bits per heavy atom. The molecule has 1 heterocycles. The molecule has 4 heteroatoms. The maximum Gasteiger partial charge on any atom is 0.235 e. The van der Waals surface area contributed by atoms with Gasteiger partial charge in [-0.05, 0) is 12.8 Å². The minimum atomic E-state index is -0.379. The Balaban J connectivity index is 2.37. The lowest BCUT2D eigenvalue weighted by atomic mass is 10.2. The minimum absolute atomic E-state index is 0.379. The Bertz CT molecular complexity index is 325. The van der Waals surface area contributed by atoms with Crippen molar-refractivity contribution >= 4 is 6.08 Å². The quantitative estimate of drug-likeness (QED) is 0.476. The lowest BCUT2D eigenvalue weighted by Crippen LogP contribution is -2.04. The molecule has 0 aliphatic heterocycles. The Morgan fingerprint density at radius 3 is 2.83 bits per heavy atom. The topological polar surface area (TPSA) is 55.2 Å². The molecule has 12 heavy (non-hydrogen) atoms. The fraction of sp³-hybridized carbons (Fsp3) is 0.375. The molecule has 0 N–H and O–H groups in total. The molecule has 0 radical (unpaired) electrons. The average molecular weight is 161 g/mol. The zero-order chi connectivity index (χ0) is 8.44. The van der Waals surface area contributed by atoms with Gasteiger partial charge in [-0.15, -0.1) is 0 Å². The fourth-order valence-electron chi connectivity index (χ4n) is 1.17. The van der Waals surface area contributed by atoms with E-state index in [1.807, 2.05) is 0 Å². The summed E-state index contributed by atoms with van der Waals surface area (Å²) in [6.07, 6.45) is 8.18. The van der Waals surface area contributed by atoms with Gasteiger partial charge in [0.2, 0.25) is 6.08 Å². The highest BCUT2D eigenvalue weighted by Gasteiger charge is 2.46. The third kappa shape index (κ3) is 1.02. The van der Waals surface area contributed by atoms with Gasteiger partial charge in [-0.25, -0.2) is 4.79 Å². The highest BCUT2D eigenvalue weighted by Crippen LogP contribution is 2.47. The number of hydrogen-bond acceptors (Lipinski definition) is 4. The molecular formula is C8H7N3O. The zero-order valence-electron chi connectivity index (χ0n) is 6.40. The molecule has 0 amide bonds. The standard InChI is InChI=1S/C8H7N3O/c12-6-11-8(1-2-8)7-5-9-3-4-10-7/h3-5H,1-2H2. The number of aliphatic imine (C=N–C) groups is 1. The Labute approximate surface area is 69.4 Å². The van der Waals surface area contributed by atoms with Gasteiger partial charge in [0.1, 0.15) is 5.54 Å². The van der Waals surface area contributed by atoms with Gasteiger partial charge >= 0.3 is 0 Å². The smallest absolute Gasteiger partial charge is 0.235 e. The second-order valence-electron chi connectivity index (χ2n) is 2.83. The summed E-state index contributed by atoms with van der Waals surface area (Å²) in [5.41, 5.74) is 0.393. The van der Waals surface area contributed by atoms with E-state index in [-0.39, 0.29) is 5.54 Å². The van der Waals surface area contributed by atoms with E-state index in [1.54, 1.807) is 24.7 Å². The third-order valence-corrected chi connectivity index (χ3v) is 2.02. The summed E-state index contributed by atoms with van der Waals surface area (Å²) in [6.45, 7) is 0. The van der Waals surface area contributed by atoms with Gasteiger partial charge in [-0.2, -0.15) is 4.99 Å². The first-order valence-corrected chi connectivity index (χ1v) is 3.73. The maximum atomic E-state index is 10.1. The molecule has 1 aromatic rings. The van der Waals surface area contributed by atoms with Crippen molar-refractivity contribution in [2.24, 2.45) is 4.99 Å². The summed E-state index contributed by atoms with van der Waals surface area (Å²) in [7, 11) is 0. The highest BCUT2D eigenvalue weighted by molar-refractivity contribution is 5.38. The van der Waals surface area contributed by atoms with Crippen molar-refractivity contribution < 1.29 is 4.79 Å². The molecule has 60 valence electrons. The summed E-state index contributed by atoms with van der Waals surface area (Å²) in [5.74, 6) is 0. The highest BCUT2D eigenvalue weighted by atomic mass is 16.1. The second kappa shape index (κ2) is 2.50. The predicted molar refractivity (Wildman–Crippen MR) is 41.1 cm³/mol. The van der Waals surface area contributed by atoms with Crippen LogP contribution in [-0.4, -0.2) is 16.0 Å². The molecule has 1 aliphatic rings. The van der Waals surface area contributed by atoms with Crippen LogP contribution >= 0.6 is 0 Å². The van der Waals surface area contributed by atoms with Crippen molar-refractivity contribution in [1.82, 2.24) is 9.97 Å². The van der Waals surface area contributed by atoms with Crippen LogP contribution < -0.4 is 0 Å². The maximum absolute atomic E-state index is 10.1. The lowest BCUT2D eigenvalue weighted by Gasteiger charge is -2.03. The molecular weight excluding hydrogens is 154 g/mol. The van der Waals surface area contributed by atoms with Crippen LogP contribution in [0.5, 0.6) is 0 Å². The first kappa shape index (κ1) is 7.13. The molecule has 2 rings (SSSR count). The monoisotopic (exact) mass is 161 g/mol. The van der Waals surface area contributed by atoms with Gasteiger partial charge in [0.25, 0.3) is 0 Å². The first-order valence-electron chi connectivity index (χ1n) is 3.73. The van der Waals surface area contributed by atoms with E-state index in [0.29, 0.717) is 0 Å². The summed E-state index contributed by atoms with van der Waals surface area (Å²) >= 11 is 0. The van der Waals surface area contributed by atoms with E-state index in [2.05, 4.69) is 15.0 Å². The van der Waals surface area contributed by atoms with E-state index in [9.17, 15) is 4.79 Å². The van der Waals surface area contributed by atoms with Crippen molar-refractivity contribution in [2.75, 3.05) is 0 Å². The Kier molecular flexibility index (Phi) is 1.48. The summed E-state index contributed by atoms with van der Waals surface area (Å²) in [6, 6.07) is 0. The normalized spacial score (nSPS) is 18.0. The molecule has 1 aromatic heterocycles. The van der Waals surface area contributed by atoms with Crippen molar-refractivity contribution in [2.45, 2.75) is 18.4 Å². The van der Waals surface area contributed by atoms with E-state index in [0.717, 1.165) is 18.5 Å². The molecule has 0 unspecified atom stereocenters. The lowest BCUT2D eigenvalue weighted by molar-refractivity contribution is 0.554. The van der Waals surface area contributed by atoms with E-state index in [1.165, 1.54) is 0 Å². The second-order valence-corrected chi connectivity index (χ2v) is 2.83. The molecule has 1 fully saturated rings. The van der Waals surface area contributed by atoms with Crippen LogP contribution in [0.4, 0.5) is 0 Å². The molecule has 1 aliphatic carbocycles. The summed E-state index contributed by atoms with van der Waals surface area (Å²) in [5, 5.41) is 0. The number of rotatable bonds is 2. The number of aromatic nitrogens is 2. The van der Waals surface area contributed by atoms with Crippen LogP contribution in [0, 0.1) is 0 Å². The summed E-state index contributed by atoms with van der Waals surface area (Å²) < 4.78 is 0. The molecule has 0 atom stereocenters. The van der Waals surface area contributed by atoms with Crippen molar-refractivity contribution in [3.8, 4) is 0 Å². The van der Waals surface area contributed by atoms with Gasteiger partial charge in [0.15, 0.2) is 0 Å². The van der Waals surface area contributed by atoms with Crippen LogP contribution in [0.1, 0.15) is 18.5 Å². The van der Waals surface area contributed by atoms with Crippen LogP contribution in [-0.2, 0) is 10.3 Å². The summed E-state index contributed by atoms with van der Waals surface area (Å²) in [4.78, 5) is 21.8. The van der Waals surface area contributed by atoms with Crippen LogP contribution in [0.3, 0.4) is 0 Å². The third-order valence-electron chi connectivity index (χ3n) is 2.02. The van der Waals surface area contributed by atoms with Gasteiger partial charge in [-0.3, -0.25) is 9.97 Å². The minimum Gasteiger partial charge on any atom is -0.261 e. The largest absolute Gasteiger partial charge is 0.261 e. The predicted octanol–water partition coefficient (Wildman–Crippen LogP) is 0.801. The number of carbonyl (C=O) groups excluding carboxylic acids is 1. The van der Waals surface area contributed by atoms with Crippen molar-refractivity contribution in [3.05, 3.63) is 24.3 Å². The molecule has 0 aromatic carbocycles. The van der Waals surface area contributed by atoms with E-state index in [4.69, 9.17) is 0 Å². The van der Waals surface area contributed by atoms with Crippen LogP contribution in [0.25, 0.3) is 0 Å². The van der Waals surface area contributed by atoms with E-state index >= 15 is 0 Å². The zero-order valence-corrected chi connectivity index (χ0v) is 6.40. The molecule has 1 saturated carbocycles. The number of nitrogens with zero attached hydrogens (tertiary/aromatic N) is 3. The molecule has 0 saturated heterocycles. The fourth-order valence-corrected chi connectivity index (χ4v) is 1.17. The average Bonchev–Trinajstić information content (AvgIpc) is 2.88.